The number of nitrogens with one attached hydrogen (secondary N) is 1. The molecule has 0 aromatic heterocycles. The summed E-state index contributed by atoms with van der Waals surface area (Å²) in [5, 5.41) is 6.57. The van der Waals surface area contributed by atoms with Gasteiger partial charge in [-0.2, -0.15) is 0 Å². The Morgan fingerprint density at radius 3 is 2.58 bits per heavy atom. The van der Waals surface area contributed by atoms with E-state index >= 15 is 0 Å². The van der Waals surface area contributed by atoms with E-state index in [1.54, 1.807) is 0 Å². The van der Waals surface area contributed by atoms with Crippen molar-refractivity contribution in [3.05, 3.63) is 154 Å². The van der Waals surface area contributed by atoms with Gasteiger partial charge in [0.15, 0.2) is 0 Å². The van der Waals surface area contributed by atoms with E-state index in [0.717, 1.165) is 50.8 Å². The van der Waals surface area contributed by atoms with E-state index in [1.165, 1.54) is 72.2 Å². The number of amidine groups is 1. The fraction of sp³-hybridized carbons (Fsp3) is 0.271. The number of rotatable bonds is 5. The lowest BCUT2D eigenvalue weighted by atomic mass is 9.72. The van der Waals surface area contributed by atoms with Crippen molar-refractivity contribution in [1.29, 1.82) is 0 Å². The van der Waals surface area contributed by atoms with E-state index in [-0.39, 0.29) is 24.2 Å². The molecular formula is C48H46N4. The zero-order valence-electron chi connectivity index (χ0n) is 30.2. The molecule has 0 saturated heterocycles. The van der Waals surface area contributed by atoms with Crippen molar-refractivity contribution in [2.75, 3.05) is 4.90 Å². The van der Waals surface area contributed by atoms with Gasteiger partial charge in [-0.25, -0.2) is 4.99 Å². The second kappa shape index (κ2) is 12.8. The Kier molecular flexibility index (Phi) is 7.76. The molecule has 10 rings (SSSR count). The Morgan fingerprint density at radius 1 is 0.808 bits per heavy atom. The van der Waals surface area contributed by atoms with Crippen LogP contribution in [0.4, 0.5) is 11.4 Å². The number of hydrogen-bond acceptors (Lipinski definition) is 4. The van der Waals surface area contributed by atoms with Gasteiger partial charge in [0.1, 0.15) is 5.84 Å². The Morgan fingerprint density at radius 2 is 1.69 bits per heavy atom. The molecule has 0 bridgehead atoms. The summed E-state index contributed by atoms with van der Waals surface area (Å²) < 4.78 is 0. The molecule has 4 nitrogen and oxygen atoms in total. The van der Waals surface area contributed by atoms with Gasteiger partial charge in [-0.1, -0.05) is 103 Å². The van der Waals surface area contributed by atoms with E-state index in [2.05, 4.69) is 151 Å². The maximum atomic E-state index is 5.07. The molecule has 6 aliphatic rings. The number of benzene rings is 4. The van der Waals surface area contributed by atoms with Crippen molar-refractivity contribution in [2.45, 2.75) is 83.0 Å². The summed E-state index contributed by atoms with van der Waals surface area (Å²) in [7, 11) is 0. The molecule has 258 valence electrons. The number of allylic oxidation sites excluding steroid dienone is 4. The van der Waals surface area contributed by atoms with Crippen LogP contribution in [0.5, 0.6) is 0 Å². The van der Waals surface area contributed by atoms with E-state index in [0.29, 0.717) is 0 Å². The van der Waals surface area contributed by atoms with E-state index < -0.39 is 0 Å². The number of aryl methyl sites for hydroxylation is 1. The number of hydrogen-bond donors (Lipinski definition) is 1. The summed E-state index contributed by atoms with van der Waals surface area (Å²) in [6.45, 7) is 4.65. The van der Waals surface area contributed by atoms with Crippen LogP contribution >= 0.6 is 0 Å². The highest BCUT2D eigenvalue weighted by Crippen LogP contribution is 2.51. The zero-order chi connectivity index (χ0) is 34.8. The lowest BCUT2D eigenvalue weighted by Crippen LogP contribution is -2.53. The van der Waals surface area contributed by atoms with Crippen LogP contribution < -0.4 is 10.2 Å². The average molecular weight is 679 g/mol. The minimum atomic E-state index is 0.205. The first-order valence-corrected chi connectivity index (χ1v) is 19.4. The minimum absolute atomic E-state index is 0.205. The predicted octanol–water partition coefficient (Wildman–Crippen LogP) is 11.5. The molecule has 0 fully saturated rings. The smallest absolute Gasteiger partial charge is 0.113 e. The first-order valence-electron chi connectivity index (χ1n) is 19.4. The standard InChI is InChI=1S/C48H46N4/c1-31-29-43(51(45-21-7-9-27-49-45)41-19-11-15-33-13-3-5-17-37(33)41)39-26-24-36-32(2)30-44(40-25-23-35(31)47(39)48(36)40)52(46-22-8-10-28-50-46)42-20-12-16-34-14-4-6-18-38(34)42/h3-5,9-17,20,23-30,39,41,43,45,49H,6-8,18-19,21-22H2,1-2H3. The molecule has 0 spiro atoms. The molecule has 0 amide bonds. The van der Waals surface area contributed by atoms with Crippen molar-refractivity contribution in [3.8, 4) is 0 Å². The summed E-state index contributed by atoms with van der Waals surface area (Å²) in [5.74, 6) is 1.36. The average Bonchev–Trinajstić information content (AvgIpc) is 3.20. The Bertz CT molecular complexity index is 2330. The van der Waals surface area contributed by atoms with Crippen molar-refractivity contribution in [3.63, 3.8) is 0 Å². The Labute approximate surface area is 308 Å². The van der Waals surface area contributed by atoms with Gasteiger partial charge in [0.25, 0.3) is 0 Å². The molecular weight excluding hydrogens is 633 g/mol. The lowest BCUT2D eigenvalue weighted by molar-refractivity contribution is 0.0712. The van der Waals surface area contributed by atoms with Crippen LogP contribution in [0, 0.1) is 6.92 Å². The fourth-order valence-corrected chi connectivity index (χ4v) is 9.98. The molecule has 4 heteroatoms. The Balaban J connectivity index is 1.17. The largest absolute Gasteiger partial charge is 0.376 e. The maximum absolute atomic E-state index is 5.07. The highest BCUT2D eigenvalue weighted by Gasteiger charge is 2.42. The zero-order valence-corrected chi connectivity index (χ0v) is 30.2. The van der Waals surface area contributed by atoms with Crippen LogP contribution in [0.15, 0.2) is 115 Å². The number of nitrogens with zero attached hydrogens (tertiary/aromatic N) is 3. The monoisotopic (exact) mass is 678 g/mol. The molecule has 0 radical (unpaired) electrons. The second-order valence-corrected chi connectivity index (χ2v) is 15.3. The molecule has 2 heterocycles. The maximum Gasteiger partial charge on any atom is 0.113 e. The summed E-state index contributed by atoms with van der Waals surface area (Å²) >= 11 is 0. The van der Waals surface area contributed by atoms with Gasteiger partial charge in [-0.3, -0.25) is 9.80 Å². The summed E-state index contributed by atoms with van der Waals surface area (Å²) in [4.78, 5) is 10.4. The van der Waals surface area contributed by atoms with Crippen molar-refractivity contribution < 1.29 is 0 Å². The highest BCUT2D eigenvalue weighted by molar-refractivity contribution is 6.15. The van der Waals surface area contributed by atoms with Gasteiger partial charge < -0.3 is 5.32 Å². The van der Waals surface area contributed by atoms with E-state index in [9.17, 15) is 0 Å². The van der Waals surface area contributed by atoms with Gasteiger partial charge >= 0.3 is 0 Å². The van der Waals surface area contributed by atoms with Crippen molar-refractivity contribution >= 4 is 51.8 Å². The molecule has 4 atom stereocenters. The van der Waals surface area contributed by atoms with Crippen molar-refractivity contribution in [2.24, 2.45) is 4.99 Å². The normalized spacial score (nSPS) is 23.6. The molecule has 0 saturated carbocycles. The second-order valence-electron chi connectivity index (χ2n) is 15.3. The summed E-state index contributed by atoms with van der Waals surface area (Å²) in [6, 6.07) is 23.6. The highest BCUT2D eigenvalue weighted by atomic mass is 15.3. The first-order chi connectivity index (χ1) is 25.7. The lowest BCUT2D eigenvalue weighted by Gasteiger charge is -2.48. The van der Waals surface area contributed by atoms with Gasteiger partial charge in [-0.15, -0.1) is 0 Å². The van der Waals surface area contributed by atoms with E-state index in [1.807, 2.05) is 6.20 Å². The van der Waals surface area contributed by atoms with Crippen LogP contribution in [0.2, 0.25) is 0 Å². The van der Waals surface area contributed by atoms with Crippen LogP contribution in [0.25, 0.3) is 34.6 Å². The van der Waals surface area contributed by atoms with Crippen LogP contribution in [-0.4, -0.2) is 22.9 Å². The predicted molar refractivity (Wildman–Crippen MR) is 220 cm³/mol. The van der Waals surface area contributed by atoms with Gasteiger partial charge in [-0.05, 0) is 126 Å². The molecule has 4 aromatic carbocycles. The van der Waals surface area contributed by atoms with Gasteiger partial charge in [0.05, 0.1) is 17.5 Å². The molecule has 1 N–H and O–H groups in total. The topological polar surface area (TPSA) is 30.9 Å². The SMILES string of the molecule is CC1=CC(N(C2CCC=CN2)C2CC=Cc3ccccc32)C2C=Cc3c(C)cc(N(C4=NC=CCC4)c4cccc5c4CCC=C5)c4ccc1c2c34. The van der Waals surface area contributed by atoms with Crippen LogP contribution in [-0.2, 0) is 6.42 Å². The molecule has 4 unspecified atom stereocenters. The van der Waals surface area contributed by atoms with Crippen LogP contribution in [0.1, 0.15) is 102 Å². The third-order valence-corrected chi connectivity index (χ3v) is 12.3. The number of aliphatic imine (C=N–C) groups is 1. The quantitative estimate of drug-likeness (QED) is 0.228. The first kappa shape index (κ1) is 31.5. The van der Waals surface area contributed by atoms with Gasteiger partial charge in [0, 0.05) is 36.0 Å². The Hall–Kier alpha value is -5.19. The van der Waals surface area contributed by atoms with E-state index in [4.69, 9.17) is 4.99 Å². The molecule has 4 aromatic rings. The van der Waals surface area contributed by atoms with Crippen molar-refractivity contribution in [1.82, 2.24) is 10.2 Å². The summed E-state index contributed by atoms with van der Waals surface area (Å²) in [6.07, 6.45) is 33.1. The number of anilines is 2. The molecule has 2 aliphatic heterocycles. The van der Waals surface area contributed by atoms with Gasteiger partial charge in [0.2, 0.25) is 0 Å². The molecule has 4 aliphatic carbocycles. The fourth-order valence-electron chi connectivity index (χ4n) is 9.98. The van der Waals surface area contributed by atoms with Crippen LogP contribution in [0.3, 0.4) is 0 Å². The summed E-state index contributed by atoms with van der Waals surface area (Å²) in [5.41, 5.74) is 15.0. The minimum Gasteiger partial charge on any atom is -0.376 e. The molecule has 52 heavy (non-hydrogen) atoms. The third-order valence-electron chi connectivity index (χ3n) is 12.3. The number of fused-ring (bicyclic) bond motifs is 2. The third kappa shape index (κ3) is 5.03.